The van der Waals surface area contributed by atoms with E-state index in [0.29, 0.717) is 17.3 Å². The van der Waals surface area contributed by atoms with E-state index in [0.717, 1.165) is 66.0 Å². The molecule has 0 aromatic heterocycles. The fourth-order valence-electron chi connectivity index (χ4n) is 4.47. The SMILES string of the molecule is NC(=S)Nc1cccc(OCCCCCCCCNC(=S)Nc2cccc3c2C(=O)c2ccccc2-3)c1. The van der Waals surface area contributed by atoms with Crippen LogP contribution in [0.2, 0.25) is 0 Å². The first-order valence-electron chi connectivity index (χ1n) is 12.6. The van der Waals surface area contributed by atoms with E-state index in [9.17, 15) is 4.79 Å². The Kier molecular flexibility index (Phi) is 9.46. The third-order valence-electron chi connectivity index (χ3n) is 6.23. The van der Waals surface area contributed by atoms with Gasteiger partial charge < -0.3 is 26.4 Å². The van der Waals surface area contributed by atoms with Gasteiger partial charge in [-0.15, -0.1) is 0 Å². The summed E-state index contributed by atoms with van der Waals surface area (Å²) < 4.78 is 5.82. The summed E-state index contributed by atoms with van der Waals surface area (Å²) in [5.41, 5.74) is 10.5. The predicted molar refractivity (Wildman–Crippen MR) is 160 cm³/mol. The molecular weight excluding hydrogens is 500 g/mol. The van der Waals surface area contributed by atoms with Gasteiger partial charge in [-0.1, -0.05) is 68.1 Å². The van der Waals surface area contributed by atoms with Crippen LogP contribution in [0.15, 0.2) is 66.7 Å². The van der Waals surface area contributed by atoms with Crippen molar-refractivity contribution in [1.29, 1.82) is 0 Å². The smallest absolute Gasteiger partial charge is 0.196 e. The Balaban J connectivity index is 1.08. The lowest BCUT2D eigenvalue weighted by atomic mass is 10.0. The summed E-state index contributed by atoms with van der Waals surface area (Å²) in [6, 6.07) is 21.2. The van der Waals surface area contributed by atoms with Gasteiger partial charge in [0.15, 0.2) is 16.0 Å². The number of nitrogens with two attached hydrogens (primary N) is 1. The van der Waals surface area contributed by atoms with E-state index in [1.165, 1.54) is 12.8 Å². The maximum atomic E-state index is 12.9. The highest BCUT2D eigenvalue weighted by atomic mass is 32.1. The molecule has 5 N–H and O–H groups in total. The molecule has 3 aromatic rings. The molecule has 3 aromatic carbocycles. The molecule has 1 aliphatic rings. The second kappa shape index (κ2) is 13.2. The van der Waals surface area contributed by atoms with Crippen molar-refractivity contribution in [2.45, 2.75) is 38.5 Å². The Bertz CT molecular complexity index is 1280. The molecule has 0 radical (unpaired) electrons. The van der Waals surface area contributed by atoms with Crippen LogP contribution in [0.3, 0.4) is 0 Å². The van der Waals surface area contributed by atoms with Gasteiger partial charge in [0.05, 0.1) is 17.9 Å². The van der Waals surface area contributed by atoms with Crippen LogP contribution in [0, 0.1) is 0 Å². The standard InChI is InChI=1S/C29H32N4O2S2/c30-28(36)32-20-11-9-12-21(19-20)35-18-8-4-2-1-3-7-17-31-29(37)33-25-16-10-15-23-22-13-5-6-14-24(22)27(34)26(23)25/h5-6,9-16,19H,1-4,7-8,17-18H2,(H3,30,32,36)(H2,31,33,37). The fraction of sp³-hybridized carbons (Fsp3) is 0.276. The summed E-state index contributed by atoms with van der Waals surface area (Å²) in [7, 11) is 0. The van der Waals surface area contributed by atoms with Gasteiger partial charge in [-0.3, -0.25) is 4.79 Å². The Hall–Kier alpha value is -3.49. The number of ketones is 1. The number of nitrogens with one attached hydrogen (secondary N) is 3. The van der Waals surface area contributed by atoms with Crippen LogP contribution in [-0.2, 0) is 0 Å². The van der Waals surface area contributed by atoms with Gasteiger partial charge in [0, 0.05) is 23.9 Å². The van der Waals surface area contributed by atoms with Gasteiger partial charge in [-0.25, -0.2) is 0 Å². The quantitative estimate of drug-likeness (QED) is 0.126. The van der Waals surface area contributed by atoms with E-state index in [-0.39, 0.29) is 10.9 Å². The van der Waals surface area contributed by atoms with E-state index < -0.39 is 0 Å². The molecule has 0 heterocycles. The third kappa shape index (κ3) is 7.27. The molecule has 37 heavy (non-hydrogen) atoms. The lowest BCUT2D eigenvalue weighted by molar-refractivity contribution is 0.104. The number of ether oxygens (including phenoxy) is 1. The molecule has 0 spiro atoms. The predicted octanol–water partition coefficient (Wildman–Crippen LogP) is 6.26. The van der Waals surface area contributed by atoms with Crippen LogP contribution in [0.5, 0.6) is 5.75 Å². The summed E-state index contributed by atoms with van der Waals surface area (Å²) in [4.78, 5) is 12.9. The molecule has 0 atom stereocenters. The first-order valence-corrected chi connectivity index (χ1v) is 13.5. The molecule has 0 aliphatic heterocycles. The van der Waals surface area contributed by atoms with E-state index >= 15 is 0 Å². The van der Waals surface area contributed by atoms with Crippen LogP contribution in [0.4, 0.5) is 11.4 Å². The summed E-state index contributed by atoms with van der Waals surface area (Å²) in [5.74, 6) is 0.856. The Morgan fingerprint density at radius 1 is 0.784 bits per heavy atom. The lowest BCUT2D eigenvalue weighted by Crippen LogP contribution is -2.29. The number of thiocarbonyl (C=S) groups is 2. The van der Waals surface area contributed by atoms with E-state index in [4.69, 9.17) is 34.9 Å². The van der Waals surface area contributed by atoms with Gasteiger partial charge >= 0.3 is 0 Å². The van der Waals surface area contributed by atoms with Crippen LogP contribution in [0.1, 0.15) is 54.4 Å². The fourth-order valence-corrected chi connectivity index (χ4v) is 4.80. The largest absolute Gasteiger partial charge is 0.494 e. The number of carbonyl (C=O) groups is 1. The molecule has 0 unspecified atom stereocenters. The Labute approximate surface area is 229 Å². The maximum Gasteiger partial charge on any atom is 0.196 e. The molecule has 4 rings (SSSR count). The van der Waals surface area contributed by atoms with Gasteiger partial charge in [-0.2, -0.15) is 0 Å². The van der Waals surface area contributed by atoms with Crippen molar-refractivity contribution >= 4 is 51.8 Å². The van der Waals surface area contributed by atoms with Gasteiger partial charge in [-0.05, 0) is 66.6 Å². The molecule has 0 saturated heterocycles. The van der Waals surface area contributed by atoms with Gasteiger partial charge in [0.2, 0.25) is 0 Å². The monoisotopic (exact) mass is 532 g/mol. The number of fused-ring (bicyclic) bond motifs is 3. The minimum Gasteiger partial charge on any atom is -0.494 e. The number of hydrogen-bond acceptors (Lipinski definition) is 4. The summed E-state index contributed by atoms with van der Waals surface area (Å²) in [5, 5.41) is 10.2. The highest BCUT2D eigenvalue weighted by molar-refractivity contribution is 7.80. The van der Waals surface area contributed by atoms with E-state index in [1.54, 1.807) is 0 Å². The normalized spacial score (nSPS) is 11.4. The van der Waals surface area contributed by atoms with Crippen LogP contribution < -0.4 is 26.4 Å². The van der Waals surface area contributed by atoms with Gasteiger partial charge in [0.1, 0.15) is 5.75 Å². The second-order valence-corrected chi connectivity index (χ2v) is 9.82. The molecule has 0 fully saturated rings. The first kappa shape index (κ1) is 26.6. The average Bonchev–Trinajstić information content (AvgIpc) is 3.18. The molecule has 0 bridgehead atoms. The van der Waals surface area contributed by atoms with Crippen molar-refractivity contribution in [3.63, 3.8) is 0 Å². The summed E-state index contributed by atoms with van der Waals surface area (Å²) >= 11 is 10.4. The maximum absolute atomic E-state index is 12.9. The number of benzene rings is 3. The number of anilines is 2. The van der Waals surface area contributed by atoms with Crippen molar-refractivity contribution in [3.8, 4) is 16.9 Å². The zero-order valence-corrected chi connectivity index (χ0v) is 22.4. The molecule has 0 saturated carbocycles. The van der Waals surface area contributed by atoms with Crippen LogP contribution >= 0.6 is 24.4 Å². The lowest BCUT2D eigenvalue weighted by Gasteiger charge is -2.13. The number of rotatable bonds is 12. The number of carbonyl (C=O) groups excluding carboxylic acids is 1. The van der Waals surface area contributed by atoms with Crippen molar-refractivity contribution in [2.24, 2.45) is 5.73 Å². The third-order valence-corrected chi connectivity index (χ3v) is 6.58. The van der Waals surface area contributed by atoms with Gasteiger partial charge in [0.25, 0.3) is 0 Å². The van der Waals surface area contributed by atoms with Crippen molar-refractivity contribution in [3.05, 3.63) is 77.9 Å². The molecular formula is C29H32N4O2S2. The van der Waals surface area contributed by atoms with E-state index in [2.05, 4.69) is 16.0 Å². The highest BCUT2D eigenvalue weighted by Gasteiger charge is 2.28. The molecule has 1 aliphatic carbocycles. The molecule has 192 valence electrons. The van der Waals surface area contributed by atoms with Crippen molar-refractivity contribution in [2.75, 3.05) is 23.8 Å². The highest BCUT2D eigenvalue weighted by Crippen LogP contribution is 2.39. The van der Waals surface area contributed by atoms with Crippen molar-refractivity contribution < 1.29 is 9.53 Å². The minimum absolute atomic E-state index is 0.0451. The zero-order chi connectivity index (χ0) is 26.0. The topological polar surface area (TPSA) is 88.4 Å². The second-order valence-electron chi connectivity index (χ2n) is 8.97. The Morgan fingerprint density at radius 3 is 2.30 bits per heavy atom. The molecule has 8 heteroatoms. The molecule has 6 nitrogen and oxygen atoms in total. The number of hydrogen-bond donors (Lipinski definition) is 4. The summed E-state index contributed by atoms with van der Waals surface area (Å²) in [6.07, 6.45) is 6.68. The molecule has 0 amide bonds. The first-order chi connectivity index (χ1) is 18.0. The Morgan fingerprint density at radius 2 is 1.49 bits per heavy atom. The van der Waals surface area contributed by atoms with Crippen molar-refractivity contribution in [1.82, 2.24) is 5.32 Å². The number of unbranched alkanes of at least 4 members (excludes halogenated alkanes) is 5. The van der Waals surface area contributed by atoms with Crippen LogP contribution in [-0.4, -0.2) is 29.2 Å². The average molecular weight is 533 g/mol. The van der Waals surface area contributed by atoms with Crippen LogP contribution in [0.25, 0.3) is 11.1 Å². The summed E-state index contributed by atoms with van der Waals surface area (Å²) in [6.45, 7) is 1.49. The zero-order valence-electron chi connectivity index (χ0n) is 20.7. The minimum atomic E-state index is 0.0451. The van der Waals surface area contributed by atoms with E-state index in [1.807, 2.05) is 66.7 Å².